The first-order chi connectivity index (χ1) is 8.63. The number of hydrogen-bond acceptors (Lipinski definition) is 1. The predicted molar refractivity (Wildman–Crippen MR) is 75.2 cm³/mol. The second-order valence-electron chi connectivity index (χ2n) is 3.86. The minimum atomic E-state index is -0.0698. The lowest BCUT2D eigenvalue weighted by Crippen LogP contribution is -2.14. The van der Waals surface area contributed by atoms with Crippen LogP contribution in [0.1, 0.15) is 5.56 Å². The molecule has 0 aromatic heterocycles. The van der Waals surface area contributed by atoms with Crippen LogP contribution in [0, 0.1) is 0 Å². The van der Waals surface area contributed by atoms with Crippen LogP contribution in [-0.4, -0.2) is 5.91 Å². The van der Waals surface area contributed by atoms with Crippen LogP contribution in [0.5, 0.6) is 0 Å². The highest BCUT2D eigenvalue weighted by Gasteiger charge is 2.04. The summed E-state index contributed by atoms with van der Waals surface area (Å²) in [6, 6.07) is 14.2. The van der Waals surface area contributed by atoms with Crippen molar-refractivity contribution in [3.63, 3.8) is 0 Å². The molecule has 0 spiro atoms. The molecule has 2 rings (SSSR count). The van der Waals surface area contributed by atoms with E-state index in [2.05, 4.69) is 5.32 Å². The van der Waals surface area contributed by atoms with E-state index < -0.39 is 0 Å². The van der Waals surface area contributed by atoms with Gasteiger partial charge in [0.2, 0.25) is 5.91 Å². The van der Waals surface area contributed by atoms with Crippen molar-refractivity contribution in [2.45, 2.75) is 6.42 Å². The molecule has 0 bridgehead atoms. The largest absolute Gasteiger partial charge is 0.326 e. The molecule has 0 aliphatic rings. The van der Waals surface area contributed by atoms with Gasteiger partial charge in [-0.15, -0.1) is 0 Å². The smallest absolute Gasteiger partial charge is 0.228 e. The molecule has 92 valence electrons. The first-order valence-electron chi connectivity index (χ1n) is 5.43. The fourth-order valence-electron chi connectivity index (χ4n) is 1.53. The number of carbonyl (C=O) groups is 1. The number of hydrogen-bond donors (Lipinski definition) is 1. The van der Waals surface area contributed by atoms with E-state index in [1.165, 1.54) is 0 Å². The summed E-state index contributed by atoms with van der Waals surface area (Å²) in [5.41, 5.74) is 1.66. The molecule has 0 radical (unpaired) electrons. The van der Waals surface area contributed by atoms with Gasteiger partial charge in [0.05, 0.1) is 6.42 Å². The van der Waals surface area contributed by atoms with Gasteiger partial charge in [-0.3, -0.25) is 4.79 Å². The molecule has 0 aliphatic heterocycles. The molecule has 1 N–H and O–H groups in total. The molecule has 18 heavy (non-hydrogen) atoms. The summed E-state index contributed by atoms with van der Waals surface area (Å²) in [4.78, 5) is 11.8. The zero-order chi connectivity index (χ0) is 13.0. The van der Waals surface area contributed by atoms with Gasteiger partial charge in [0, 0.05) is 15.7 Å². The fraction of sp³-hybridized carbons (Fsp3) is 0.0714. The van der Waals surface area contributed by atoms with Gasteiger partial charge in [-0.2, -0.15) is 0 Å². The van der Waals surface area contributed by atoms with Gasteiger partial charge in [-0.25, -0.2) is 0 Å². The lowest BCUT2D eigenvalue weighted by molar-refractivity contribution is -0.115. The Morgan fingerprint density at radius 1 is 0.889 bits per heavy atom. The maximum Gasteiger partial charge on any atom is 0.228 e. The topological polar surface area (TPSA) is 29.1 Å². The summed E-state index contributed by atoms with van der Waals surface area (Å²) < 4.78 is 0. The summed E-state index contributed by atoms with van der Waals surface area (Å²) in [5, 5.41) is 4.11. The van der Waals surface area contributed by atoms with Gasteiger partial charge in [0.15, 0.2) is 0 Å². The standard InChI is InChI=1S/C14H11Cl2NO/c15-11-3-1-10(2-4-11)9-14(18)17-13-7-5-12(16)6-8-13/h1-8H,9H2,(H,17,18). The van der Waals surface area contributed by atoms with Crippen molar-refractivity contribution in [1.29, 1.82) is 0 Å². The number of rotatable bonds is 3. The number of anilines is 1. The number of halogens is 2. The normalized spacial score (nSPS) is 10.1. The maximum atomic E-state index is 11.8. The Morgan fingerprint density at radius 2 is 1.39 bits per heavy atom. The van der Waals surface area contributed by atoms with Crippen LogP contribution in [0.25, 0.3) is 0 Å². The minimum Gasteiger partial charge on any atom is -0.326 e. The average molecular weight is 280 g/mol. The zero-order valence-corrected chi connectivity index (χ0v) is 11.0. The van der Waals surface area contributed by atoms with Gasteiger partial charge < -0.3 is 5.32 Å². The summed E-state index contributed by atoms with van der Waals surface area (Å²) in [5.74, 6) is -0.0698. The highest BCUT2D eigenvalue weighted by molar-refractivity contribution is 6.30. The quantitative estimate of drug-likeness (QED) is 0.898. The molecule has 0 saturated carbocycles. The molecule has 0 fully saturated rings. The fourth-order valence-corrected chi connectivity index (χ4v) is 1.78. The predicted octanol–water partition coefficient (Wildman–Crippen LogP) is 4.17. The van der Waals surface area contributed by atoms with Crippen molar-refractivity contribution in [2.24, 2.45) is 0 Å². The monoisotopic (exact) mass is 279 g/mol. The van der Waals surface area contributed by atoms with Crippen LogP contribution in [0.2, 0.25) is 10.0 Å². The SMILES string of the molecule is O=C(Cc1ccc(Cl)cc1)Nc1ccc(Cl)cc1. The van der Waals surface area contributed by atoms with Gasteiger partial charge >= 0.3 is 0 Å². The van der Waals surface area contributed by atoms with Crippen LogP contribution < -0.4 is 5.32 Å². The molecule has 2 nitrogen and oxygen atoms in total. The summed E-state index contributed by atoms with van der Waals surface area (Å²) in [6.45, 7) is 0. The summed E-state index contributed by atoms with van der Waals surface area (Å²) >= 11 is 11.5. The van der Waals surface area contributed by atoms with Crippen molar-refractivity contribution >= 4 is 34.8 Å². The number of nitrogens with one attached hydrogen (secondary N) is 1. The Hall–Kier alpha value is -1.51. The summed E-state index contributed by atoms with van der Waals surface area (Å²) in [7, 11) is 0. The zero-order valence-electron chi connectivity index (χ0n) is 9.49. The summed E-state index contributed by atoms with van der Waals surface area (Å²) in [6.07, 6.45) is 0.319. The molecule has 4 heteroatoms. The van der Waals surface area contributed by atoms with E-state index in [0.717, 1.165) is 11.3 Å². The van der Waals surface area contributed by atoms with E-state index in [1.54, 1.807) is 36.4 Å². The molecule has 0 atom stereocenters. The van der Waals surface area contributed by atoms with E-state index in [1.807, 2.05) is 12.1 Å². The molecule has 2 aromatic rings. The lowest BCUT2D eigenvalue weighted by atomic mass is 10.1. The number of carbonyl (C=O) groups excluding carboxylic acids is 1. The van der Waals surface area contributed by atoms with Gasteiger partial charge in [0.25, 0.3) is 0 Å². The first-order valence-corrected chi connectivity index (χ1v) is 6.19. The van der Waals surface area contributed by atoms with Crippen molar-refractivity contribution in [3.8, 4) is 0 Å². The molecular weight excluding hydrogens is 269 g/mol. The van der Waals surface area contributed by atoms with Gasteiger partial charge in [-0.05, 0) is 42.0 Å². The first kappa shape index (κ1) is 12.9. The molecule has 1 amide bonds. The van der Waals surface area contributed by atoms with Crippen LogP contribution in [-0.2, 0) is 11.2 Å². The van der Waals surface area contributed by atoms with Crippen molar-refractivity contribution < 1.29 is 4.79 Å². The van der Waals surface area contributed by atoms with Crippen molar-refractivity contribution in [1.82, 2.24) is 0 Å². The van der Waals surface area contributed by atoms with Crippen LogP contribution in [0.15, 0.2) is 48.5 Å². The lowest BCUT2D eigenvalue weighted by Gasteiger charge is -2.05. The molecule has 0 saturated heterocycles. The van der Waals surface area contributed by atoms with E-state index in [4.69, 9.17) is 23.2 Å². The molecule has 0 aliphatic carbocycles. The van der Waals surface area contributed by atoms with Crippen molar-refractivity contribution in [2.75, 3.05) is 5.32 Å². The Morgan fingerprint density at radius 3 is 1.94 bits per heavy atom. The van der Waals surface area contributed by atoms with E-state index in [0.29, 0.717) is 16.5 Å². The second kappa shape index (κ2) is 5.89. The molecule has 2 aromatic carbocycles. The second-order valence-corrected chi connectivity index (χ2v) is 4.73. The maximum absolute atomic E-state index is 11.8. The van der Waals surface area contributed by atoms with Gasteiger partial charge in [0.1, 0.15) is 0 Å². The van der Waals surface area contributed by atoms with E-state index >= 15 is 0 Å². The number of benzene rings is 2. The third-order valence-electron chi connectivity index (χ3n) is 2.41. The Balaban J connectivity index is 1.96. The minimum absolute atomic E-state index is 0.0698. The highest BCUT2D eigenvalue weighted by atomic mass is 35.5. The Labute approximate surface area is 116 Å². The molecular formula is C14H11Cl2NO. The Kier molecular flexibility index (Phi) is 4.24. The third-order valence-corrected chi connectivity index (χ3v) is 2.91. The molecule has 0 heterocycles. The average Bonchev–Trinajstić information content (AvgIpc) is 2.35. The molecule has 0 unspecified atom stereocenters. The van der Waals surface area contributed by atoms with Crippen molar-refractivity contribution in [3.05, 3.63) is 64.1 Å². The number of amides is 1. The Bertz CT molecular complexity index is 485. The van der Waals surface area contributed by atoms with Crippen LogP contribution >= 0.6 is 23.2 Å². The van der Waals surface area contributed by atoms with E-state index in [9.17, 15) is 4.79 Å². The van der Waals surface area contributed by atoms with E-state index in [-0.39, 0.29) is 5.91 Å². The van der Waals surface area contributed by atoms with Crippen LogP contribution in [0.3, 0.4) is 0 Å². The third kappa shape index (κ3) is 3.76. The highest BCUT2D eigenvalue weighted by Crippen LogP contribution is 2.14. The van der Waals surface area contributed by atoms with Crippen LogP contribution in [0.4, 0.5) is 5.69 Å². The van der Waals surface area contributed by atoms with Gasteiger partial charge in [-0.1, -0.05) is 35.3 Å².